The van der Waals surface area contributed by atoms with Crippen LogP contribution in [-0.4, -0.2) is 70.8 Å². The van der Waals surface area contributed by atoms with Crippen molar-refractivity contribution in [3.05, 3.63) is 42.0 Å². The Morgan fingerprint density at radius 1 is 1.03 bits per heavy atom. The van der Waals surface area contributed by atoms with Gasteiger partial charge in [0.05, 0.1) is 18.6 Å². The second-order valence-corrected chi connectivity index (χ2v) is 9.79. The lowest BCUT2D eigenvalue weighted by Crippen LogP contribution is -2.35. The molecule has 0 fully saturated rings. The van der Waals surface area contributed by atoms with E-state index in [-0.39, 0.29) is 18.5 Å². The smallest absolute Gasteiger partial charge is 0.302 e. The molecule has 7 nitrogen and oxygen atoms in total. The van der Waals surface area contributed by atoms with Gasteiger partial charge in [-0.1, -0.05) is 49.9 Å². The minimum Gasteiger partial charge on any atom is -0.464 e. The van der Waals surface area contributed by atoms with Crippen LogP contribution >= 0.6 is 11.8 Å². The molecule has 0 saturated heterocycles. The quantitative estimate of drug-likeness (QED) is 0.287. The summed E-state index contributed by atoms with van der Waals surface area (Å²) in [5, 5.41) is 6.25. The number of ether oxygens (including phenoxy) is 1. The third-order valence-corrected chi connectivity index (χ3v) is 7.84. The normalized spacial score (nSPS) is 12.1. The molecule has 3 aromatic rings. The Morgan fingerprint density at radius 3 is 2.51 bits per heavy atom. The topological polar surface area (TPSA) is 67.7 Å². The number of amides is 1. The Balaban J connectivity index is 1.65. The lowest BCUT2D eigenvalue weighted by molar-refractivity contribution is -0.143. The van der Waals surface area contributed by atoms with Gasteiger partial charge in [0.1, 0.15) is 12.3 Å². The molecule has 4 rings (SSSR count). The number of carbonyl (C=O) groups is 2. The molecule has 0 radical (unpaired) electrons. The fourth-order valence-corrected chi connectivity index (χ4v) is 5.82. The van der Waals surface area contributed by atoms with Crippen LogP contribution < -0.4 is 0 Å². The molecule has 0 atom stereocenters. The summed E-state index contributed by atoms with van der Waals surface area (Å²) < 4.78 is 7.06. The average Bonchev–Trinajstić information content (AvgIpc) is 3.22. The Labute approximate surface area is 211 Å². The van der Waals surface area contributed by atoms with Crippen LogP contribution in [0.25, 0.3) is 22.2 Å². The van der Waals surface area contributed by atoms with Gasteiger partial charge >= 0.3 is 5.97 Å². The van der Waals surface area contributed by atoms with E-state index in [0.717, 1.165) is 42.8 Å². The molecular weight excluding hydrogens is 460 g/mol. The molecule has 1 aliphatic heterocycles. The summed E-state index contributed by atoms with van der Waals surface area (Å²) in [5.74, 6) is -0.381. The van der Waals surface area contributed by atoms with Crippen molar-refractivity contribution in [3.8, 4) is 11.3 Å². The molecule has 0 saturated carbocycles. The summed E-state index contributed by atoms with van der Waals surface area (Å²) in [5.41, 5.74) is 4.62. The van der Waals surface area contributed by atoms with Crippen LogP contribution in [0.4, 0.5) is 0 Å². The van der Waals surface area contributed by atoms with E-state index in [0.29, 0.717) is 19.6 Å². The number of benzene rings is 2. The number of hydrogen-bond donors (Lipinski definition) is 0. The molecule has 0 bridgehead atoms. The highest BCUT2D eigenvalue weighted by atomic mass is 32.2. The van der Waals surface area contributed by atoms with Crippen LogP contribution in [-0.2, 0) is 27.3 Å². The highest BCUT2D eigenvalue weighted by molar-refractivity contribution is 7.99. The van der Waals surface area contributed by atoms with Crippen molar-refractivity contribution in [2.24, 2.45) is 0 Å². The Bertz CT molecular complexity index is 1220. The monoisotopic (exact) mass is 494 g/mol. The number of carbonyl (C=O) groups excluding carboxylic acids is 2. The van der Waals surface area contributed by atoms with E-state index in [9.17, 15) is 9.59 Å². The predicted octanol–water partition coefficient (Wildman–Crippen LogP) is 4.46. The Morgan fingerprint density at radius 2 is 1.80 bits per heavy atom. The van der Waals surface area contributed by atoms with Crippen LogP contribution in [0.15, 0.2) is 46.2 Å². The zero-order valence-corrected chi connectivity index (χ0v) is 21.9. The lowest BCUT2D eigenvalue weighted by atomic mass is 10.0. The van der Waals surface area contributed by atoms with Gasteiger partial charge in [0, 0.05) is 47.7 Å². The Hall–Kier alpha value is -2.84. The second-order valence-electron chi connectivity index (χ2n) is 8.74. The first-order valence-corrected chi connectivity index (χ1v) is 13.1. The van der Waals surface area contributed by atoms with Gasteiger partial charge in [0.2, 0.25) is 5.91 Å². The highest BCUT2D eigenvalue weighted by Crippen LogP contribution is 2.48. The third-order valence-electron chi connectivity index (χ3n) is 6.59. The molecular formula is C27H34N4O3S. The number of likely N-dealkylation sites (N-methyl/N-ethyl adjacent to an activating group) is 1. The van der Waals surface area contributed by atoms with Gasteiger partial charge in [-0.3, -0.25) is 14.3 Å². The standard InChI is InChI=1S/C27H34N4O3S/c1-5-29(6-2)14-13-21-11-12-23-25-26(22-9-7-8-10-24(22)35-27(21)25)28-31(23)16-15-30(19(3)32)17-18-34-20(4)33/h7-12H,5-6,13-18H2,1-4H3. The zero-order valence-electron chi connectivity index (χ0n) is 21.0. The molecule has 186 valence electrons. The number of rotatable bonds is 11. The zero-order chi connectivity index (χ0) is 24.9. The first-order valence-electron chi connectivity index (χ1n) is 12.3. The molecule has 0 aliphatic carbocycles. The van der Waals surface area contributed by atoms with Crippen molar-refractivity contribution in [1.82, 2.24) is 19.6 Å². The number of aromatic nitrogens is 2. The van der Waals surface area contributed by atoms with E-state index in [1.807, 2.05) is 16.4 Å². The summed E-state index contributed by atoms with van der Waals surface area (Å²) in [4.78, 5) is 29.9. The van der Waals surface area contributed by atoms with Crippen molar-refractivity contribution < 1.29 is 14.3 Å². The molecule has 8 heteroatoms. The van der Waals surface area contributed by atoms with Gasteiger partial charge < -0.3 is 14.5 Å². The summed E-state index contributed by atoms with van der Waals surface area (Å²) in [6.07, 6.45) is 1.00. The maximum atomic E-state index is 12.2. The van der Waals surface area contributed by atoms with Crippen molar-refractivity contribution in [2.75, 3.05) is 39.3 Å². The van der Waals surface area contributed by atoms with Gasteiger partial charge in [-0.2, -0.15) is 5.10 Å². The van der Waals surface area contributed by atoms with Gasteiger partial charge in [0.25, 0.3) is 0 Å². The fourth-order valence-electron chi connectivity index (χ4n) is 4.58. The van der Waals surface area contributed by atoms with E-state index in [1.165, 1.54) is 27.7 Å². The minimum absolute atomic E-state index is 0.0431. The van der Waals surface area contributed by atoms with E-state index in [1.54, 1.807) is 11.8 Å². The van der Waals surface area contributed by atoms with Crippen LogP contribution in [0.1, 0.15) is 33.3 Å². The summed E-state index contributed by atoms with van der Waals surface area (Å²) in [6.45, 7) is 12.1. The first kappa shape index (κ1) is 25.3. The lowest BCUT2D eigenvalue weighted by Gasteiger charge is -2.21. The second kappa shape index (κ2) is 11.3. The van der Waals surface area contributed by atoms with Crippen molar-refractivity contribution in [1.29, 1.82) is 0 Å². The van der Waals surface area contributed by atoms with Crippen LogP contribution in [0.5, 0.6) is 0 Å². The van der Waals surface area contributed by atoms with E-state index >= 15 is 0 Å². The molecule has 0 unspecified atom stereocenters. The number of nitrogens with zero attached hydrogens (tertiary/aromatic N) is 4. The fraction of sp³-hybridized carbons (Fsp3) is 0.444. The molecule has 2 heterocycles. The van der Waals surface area contributed by atoms with Crippen molar-refractivity contribution in [2.45, 2.75) is 50.5 Å². The number of hydrogen-bond acceptors (Lipinski definition) is 6. The van der Waals surface area contributed by atoms with E-state index < -0.39 is 0 Å². The number of fused-ring (bicyclic) bond motifs is 2. The van der Waals surface area contributed by atoms with Gasteiger partial charge in [-0.05, 0) is 37.2 Å². The van der Waals surface area contributed by atoms with Gasteiger partial charge in [0.15, 0.2) is 0 Å². The van der Waals surface area contributed by atoms with Crippen molar-refractivity contribution in [3.63, 3.8) is 0 Å². The van der Waals surface area contributed by atoms with E-state index in [4.69, 9.17) is 9.84 Å². The summed E-state index contributed by atoms with van der Waals surface area (Å²) >= 11 is 1.84. The molecule has 35 heavy (non-hydrogen) atoms. The molecule has 1 amide bonds. The Kier molecular flexibility index (Phi) is 8.13. The maximum absolute atomic E-state index is 12.2. The maximum Gasteiger partial charge on any atom is 0.302 e. The van der Waals surface area contributed by atoms with Crippen molar-refractivity contribution >= 4 is 34.5 Å². The molecule has 1 aliphatic rings. The van der Waals surface area contributed by atoms with E-state index in [2.05, 4.69) is 55.1 Å². The van der Waals surface area contributed by atoms with Crippen LogP contribution in [0.3, 0.4) is 0 Å². The first-order chi connectivity index (χ1) is 16.9. The predicted molar refractivity (Wildman–Crippen MR) is 140 cm³/mol. The summed E-state index contributed by atoms with van der Waals surface area (Å²) in [6, 6.07) is 12.9. The molecule has 1 aromatic heterocycles. The largest absolute Gasteiger partial charge is 0.464 e. The molecule has 2 aromatic carbocycles. The highest BCUT2D eigenvalue weighted by Gasteiger charge is 2.26. The SMILES string of the molecule is CCN(CC)CCc1ccc2c3c(nn2CCN(CCOC(C)=O)C(C)=O)-c2ccccc2Sc13. The summed E-state index contributed by atoms with van der Waals surface area (Å²) in [7, 11) is 0. The molecule has 0 spiro atoms. The number of esters is 1. The van der Waals surface area contributed by atoms with Crippen LogP contribution in [0, 0.1) is 0 Å². The minimum atomic E-state index is -0.338. The molecule has 0 N–H and O–H groups in total. The van der Waals surface area contributed by atoms with Crippen LogP contribution in [0.2, 0.25) is 0 Å². The average molecular weight is 495 g/mol. The third kappa shape index (κ3) is 5.54. The van der Waals surface area contributed by atoms with Gasteiger partial charge in [-0.25, -0.2) is 0 Å². The van der Waals surface area contributed by atoms with Gasteiger partial charge in [-0.15, -0.1) is 0 Å².